The van der Waals surface area contributed by atoms with E-state index in [1.807, 2.05) is 25.0 Å². The lowest BCUT2D eigenvalue weighted by molar-refractivity contribution is 0.654. The van der Waals surface area contributed by atoms with E-state index < -0.39 is 0 Å². The van der Waals surface area contributed by atoms with Gasteiger partial charge in [-0.2, -0.15) is 0 Å². The van der Waals surface area contributed by atoms with Crippen molar-refractivity contribution in [3.05, 3.63) is 85.7 Å². The van der Waals surface area contributed by atoms with Gasteiger partial charge in [-0.3, -0.25) is 0 Å². The van der Waals surface area contributed by atoms with Crippen molar-refractivity contribution in [2.24, 2.45) is 0 Å². The van der Waals surface area contributed by atoms with Gasteiger partial charge < -0.3 is 9.13 Å². The van der Waals surface area contributed by atoms with Gasteiger partial charge in [-0.05, 0) is 60.8 Å². The Morgan fingerprint density at radius 3 is 1.38 bits per heavy atom. The second-order valence-corrected chi connectivity index (χ2v) is 8.82. The lowest BCUT2D eigenvalue weighted by atomic mass is 9.89. The van der Waals surface area contributed by atoms with Crippen LogP contribution in [0.1, 0.15) is 73.6 Å². The molecule has 0 amide bonds. The topological polar surface area (TPSA) is 35.6 Å². The SMILES string of the molecule is [CH2]CCCCCc1cc(CCn2ccnc2)c(CCn2ccnc2)cc1CCCCC[CH2]. The van der Waals surface area contributed by atoms with Gasteiger partial charge in [0.05, 0.1) is 12.7 Å². The highest BCUT2D eigenvalue weighted by molar-refractivity contribution is 5.39. The molecule has 32 heavy (non-hydrogen) atoms. The summed E-state index contributed by atoms with van der Waals surface area (Å²) in [6.45, 7) is 9.95. The zero-order valence-corrected chi connectivity index (χ0v) is 19.7. The van der Waals surface area contributed by atoms with Crippen molar-refractivity contribution in [1.82, 2.24) is 19.1 Å². The fourth-order valence-corrected chi connectivity index (χ4v) is 4.40. The van der Waals surface area contributed by atoms with Crippen LogP contribution < -0.4 is 0 Å². The van der Waals surface area contributed by atoms with Gasteiger partial charge in [0, 0.05) is 37.9 Å². The number of hydrogen-bond acceptors (Lipinski definition) is 2. The smallest absolute Gasteiger partial charge is 0.0946 e. The Balaban J connectivity index is 1.79. The molecule has 0 bridgehead atoms. The molecule has 0 saturated heterocycles. The molecule has 2 heterocycles. The van der Waals surface area contributed by atoms with Crippen LogP contribution in [0.25, 0.3) is 0 Å². The normalized spacial score (nSPS) is 11.3. The summed E-state index contributed by atoms with van der Waals surface area (Å²) in [4.78, 5) is 8.42. The van der Waals surface area contributed by atoms with Gasteiger partial charge in [-0.25, -0.2) is 9.97 Å². The molecule has 4 heteroatoms. The third-order valence-electron chi connectivity index (χ3n) is 6.31. The van der Waals surface area contributed by atoms with Gasteiger partial charge >= 0.3 is 0 Å². The Bertz CT molecular complexity index is 792. The van der Waals surface area contributed by atoms with Crippen LogP contribution in [0.15, 0.2) is 49.6 Å². The van der Waals surface area contributed by atoms with Crippen LogP contribution in [0.2, 0.25) is 0 Å². The van der Waals surface area contributed by atoms with Crippen molar-refractivity contribution in [2.75, 3.05) is 0 Å². The van der Waals surface area contributed by atoms with E-state index >= 15 is 0 Å². The van der Waals surface area contributed by atoms with E-state index in [2.05, 4.69) is 57.5 Å². The quantitative estimate of drug-likeness (QED) is 0.244. The van der Waals surface area contributed by atoms with Gasteiger partial charge in [0.15, 0.2) is 0 Å². The second kappa shape index (κ2) is 13.9. The van der Waals surface area contributed by atoms with Crippen LogP contribution in [0.3, 0.4) is 0 Å². The van der Waals surface area contributed by atoms with E-state index in [1.54, 1.807) is 11.1 Å². The van der Waals surface area contributed by atoms with Crippen molar-refractivity contribution in [3.8, 4) is 0 Å². The van der Waals surface area contributed by atoms with Crippen molar-refractivity contribution in [2.45, 2.75) is 90.1 Å². The molecule has 0 spiro atoms. The van der Waals surface area contributed by atoms with Gasteiger partial charge in [0.1, 0.15) is 0 Å². The van der Waals surface area contributed by atoms with E-state index in [9.17, 15) is 0 Å². The maximum Gasteiger partial charge on any atom is 0.0946 e. The Kier molecular flexibility index (Phi) is 10.6. The van der Waals surface area contributed by atoms with Gasteiger partial charge in [-0.15, -0.1) is 0 Å². The highest BCUT2D eigenvalue weighted by Crippen LogP contribution is 2.24. The number of aryl methyl sites for hydroxylation is 6. The first kappa shape index (κ1) is 24.3. The van der Waals surface area contributed by atoms with Crippen molar-refractivity contribution >= 4 is 0 Å². The second-order valence-electron chi connectivity index (χ2n) is 8.82. The average Bonchev–Trinajstić information content (AvgIpc) is 3.52. The zero-order valence-electron chi connectivity index (χ0n) is 19.7. The van der Waals surface area contributed by atoms with Gasteiger partial charge in [0.2, 0.25) is 0 Å². The van der Waals surface area contributed by atoms with Crippen LogP contribution in [0.4, 0.5) is 0 Å². The molecule has 0 fully saturated rings. The first-order valence-electron chi connectivity index (χ1n) is 12.4. The molecular weight excluding hydrogens is 392 g/mol. The summed E-state index contributed by atoms with van der Waals surface area (Å²) in [7, 11) is 0. The Hall–Kier alpha value is -2.36. The van der Waals surface area contributed by atoms with E-state index in [4.69, 9.17) is 0 Å². The van der Waals surface area contributed by atoms with Crippen LogP contribution >= 0.6 is 0 Å². The summed E-state index contributed by atoms with van der Waals surface area (Å²) < 4.78 is 4.36. The number of imidazole rings is 2. The predicted molar refractivity (Wildman–Crippen MR) is 133 cm³/mol. The summed E-state index contributed by atoms with van der Waals surface area (Å²) in [6.07, 6.45) is 25.8. The number of unbranched alkanes of at least 4 members (excludes halogenated alkanes) is 6. The number of hydrogen-bond donors (Lipinski definition) is 0. The molecule has 0 aliphatic rings. The van der Waals surface area contributed by atoms with Crippen molar-refractivity contribution in [1.29, 1.82) is 0 Å². The molecule has 2 aromatic heterocycles. The minimum atomic E-state index is 0.974. The minimum Gasteiger partial charge on any atom is -0.337 e. The first-order valence-corrected chi connectivity index (χ1v) is 12.4. The highest BCUT2D eigenvalue weighted by Gasteiger charge is 2.11. The van der Waals surface area contributed by atoms with Crippen molar-refractivity contribution < 1.29 is 0 Å². The molecule has 0 atom stereocenters. The summed E-state index contributed by atoms with van der Waals surface area (Å²) in [5.41, 5.74) is 6.12. The molecule has 172 valence electrons. The van der Waals surface area contributed by atoms with Crippen LogP contribution in [-0.2, 0) is 38.8 Å². The Morgan fingerprint density at radius 2 is 1.00 bits per heavy atom. The summed E-state index contributed by atoms with van der Waals surface area (Å²) in [6, 6.07) is 5.06. The van der Waals surface area contributed by atoms with Gasteiger partial charge in [0.25, 0.3) is 0 Å². The van der Waals surface area contributed by atoms with Crippen LogP contribution in [-0.4, -0.2) is 19.1 Å². The van der Waals surface area contributed by atoms with E-state index in [1.165, 1.54) is 62.5 Å². The van der Waals surface area contributed by atoms with Crippen molar-refractivity contribution in [3.63, 3.8) is 0 Å². The lowest BCUT2D eigenvalue weighted by Crippen LogP contribution is -2.08. The van der Waals surface area contributed by atoms with E-state index in [0.29, 0.717) is 0 Å². The number of aromatic nitrogens is 4. The summed E-state index contributed by atoms with van der Waals surface area (Å²) in [5, 5.41) is 0. The molecule has 0 N–H and O–H groups in total. The molecule has 0 saturated carbocycles. The maximum absolute atomic E-state index is 4.21. The fourth-order valence-electron chi connectivity index (χ4n) is 4.40. The lowest BCUT2D eigenvalue weighted by Gasteiger charge is -2.18. The molecule has 2 radical (unpaired) electrons. The zero-order chi connectivity index (χ0) is 22.4. The number of benzene rings is 1. The Morgan fingerprint density at radius 1 is 0.562 bits per heavy atom. The Labute approximate surface area is 195 Å². The summed E-state index contributed by atoms with van der Waals surface area (Å²) in [5.74, 6) is 0. The maximum atomic E-state index is 4.21. The molecule has 0 aliphatic carbocycles. The molecule has 3 rings (SSSR count). The molecule has 1 aromatic carbocycles. The monoisotopic (exact) mass is 432 g/mol. The number of nitrogens with zero attached hydrogens (tertiary/aromatic N) is 4. The van der Waals surface area contributed by atoms with Crippen LogP contribution in [0.5, 0.6) is 0 Å². The molecule has 4 nitrogen and oxygen atoms in total. The number of rotatable bonds is 16. The third kappa shape index (κ3) is 7.96. The first-order chi connectivity index (χ1) is 15.8. The fraction of sp³-hybridized carbons (Fsp3) is 0.500. The molecular formula is C28H40N4. The van der Waals surface area contributed by atoms with E-state index in [-0.39, 0.29) is 0 Å². The summed E-state index contributed by atoms with van der Waals surface area (Å²) >= 11 is 0. The molecule has 3 aromatic rings. The standard InChI is InChI=1S/C28H40N4/c1-3-5-7-9-11-25-21-27(13-17-31-19-15-29-23-31)28(14-18-32-20-16-30-24-32)22-26(25)12-10-8-6-4-2/h15-16,19-24H,1-14,17-18H2. The average molecular weight is 433 g/mol. The van der Waals surface area contributed by atoms with E-state index in [0.717, 1.165) is 38.8 Å². The molecule has 0 aliphatic heterocycles. The minimum absolute atomic E-state index is 0.974. The highest BCUT2D eigenvalue weighted by atomic mass is 15.0. The van der Waals surface area contributed by atoms with Crippen LogP contribution in [0, 0.1) is 13.8 Å². The molecule has 0 unspecified atom stereocenters. The largest absolute Gasteiger partial charge is 0.337 e. The van der Waals surface area contributed by atoms with Gasteiger partial charge in [-0.1, -0.05) is 64.5 Å². The third-order valence-corrected chi connectivity index (χ3v) is 6.31. The predicted octanol–water partition coefficient (Wildman–Crippen LogP) is 6.44.